The molecular weight excluding hydrogens is 176 g/mol. The Hall–Kier alpha value is -1.57. The van der Waals surface area contributed by atoms with E-state index < -0.39 is 0 Å². The van der Waals surface area contributed by atoms with Crippen molar-refractivity contribution in [3.63, 3.8) is 0 Å². The summed E-state index contributed by atoms with van der Waals surface area (Å²) >= 11 is 0. The number of Topliss-reactive ketones (excluding diaryl/α,β-unsaturated/α-hetero) is 1. The molecule has 1 aromatic rings. The summed E-state index contributed by atoms with van der Waals surface area (Å²) in [6, 6.07) is 5.86. The van der Waals surface area contributed by atoms with Crippen LogP contribution < -0.4 is 4.74 Å². The van der Waals surface area contributed by atoms with Crippen LogP contribution in [0.4, 0.5) is 0 Å². The third-order valence-corrected chi connectivity index (χ3v) is 2.34. The molecule has 0 bridgehead atoms. The van der Waals surface area contributed by atoms with Gasteiger partial charge in [-0.2, -0.15) is 0 Å². The lowest BCUT2D eigenvalue weighted by Gasteiger charge is -2.17. The zero-order chi connectivity index (χ0) is 10.1. The van der Waals surface area contributed by atoms with Crippen molar-refractivity contribution in [3.8, 4) is 5.75 Å². The van der Waals surface area contributed by atoms with Crippen molar-refractivity contribution in [1.82, 2.24) is 0 Å². The molecule has 0 aromatic heterocycles. The fraction of sp³-hybridized carbons (Fsp3) is 0.250. The maximum Gasteiger partial charge on any atom is 0.174 e. The van der Waals surface area contributed by atoms with Crippen LogP contribution in [0, 0.1) is 0 Å². The normalized spacial score (nSPS) is 14.5. The van der Waals surface area contributed by atoms with E-state index in [1.807, 2.05) is 25.1 Å². The van der Waals surface area contributed by atoms with Crippen LogP contribution in [0.5, 0.6) is 5.75 Å². The molecular formula is C12H14O2. The number of ketones is 1. The van der Waals surface area contributed by atoms with Crippen LogP contribution in [-0.2, 0) is 11.2 Å². The Balaban J connectivity index is 0.00000112. The Kier molecular flexibility index (Phi) is 2.12. The van der Waals surface area contributed by atoms with Gasteiger partial charge in [-0.25, -0.2) is 0 Å². The Morgan fingerprint density at radius 1 is 1.57 bits per heavy atom. The fourth-order valence-electron chi connectivity index (χ4n) is 1.52. The van der Waals surface area contributed by atoms with Gasteiger partial charge in [0.2, 0.25) is 0 Å². The van der Waals surface area contributed by atoms with Gasteiger partial charge in [-0.05, 0) is 18.6 Å². The lowest BCUT2D eigenvalue weighted by atomic mass is 10.0. The number of fused-ring (bicyclic) bond motifs is 1. The van der Waals surface area contributed by atoms with Crippen molar-refractivity contribution in [2.24, 2.45) is 0 Å². The molecule has 0 N–H and O–H groups in total. The van der Waals surface area contributed by atoms with E-state index in [1.54, 1.807) is 0 Å². The molecule has 0 amide bonds. The maximum absolute atomic E-state index is 11.1. The summed E-state index contributed by atoms with van der Waals surface area (Å²) in [6.07, 6.45) is 0.492. The van der Waals surface area contributed by atoms with Crippen LogP contribution in [0.1, 0.15) is 19.5 Å². The molecule has 1 heterocycles. The third kappa shape index (κ3) is 1.55. The van der Waals surface area contributed by atoms with Crippen LogP contribution in [0.2, 0.25) is 0 Å². The summed E-state index contributed by atoms with van der Waals surface area (Å²) in [5, 5.41) is 0. The molecule has 2 rings (SSSR count). The molecule has 74 valence electrons. The van der Waals surface area contributed by atoms with Crippen molar-refractivity contribution in [2.45, 2.75) is 13.3 Å². The number of hydrogen-bond acceptors (Lipinski definition) is 2. The summed E-state index contributed by atoms with van der Waals surface area (Å²) < 4.78 is 5.34. The summed E-state index contributed by atoms with van der Waals surface area (Å²) in [4.78, 5) is 11.1. The number of benzene rings is 1. The van der Waals surface area contributed by atoms with Crippen molar-refractivity contribution in [1.29, 1.82) is 0 Å². The quantitative estimate of drug-likeness (QED) is 0.680. The zero-order valence-corrected chi connectivity index (χ0v) is 8.17. The Labute approximate surface area is 84.7 Å². The molecule has 0 unspecified atom stereocenters. The van der Waals surface area contributed by atoms with Gasteiger partial charge in [0.25, 0.3) is 0 Å². The highest BCUT2D eigenvalue weighted by molar-refractivity contribution is 5.84. The van der Waals surface area contributed by atoms with Gasteiger partial charge in [0.15, 0.2) is 5.78 Å². The molecule has 0 fully saturated rings. The molecule has 1 aliphatic heterocycles. The van der Waals surface area contributed by atoms with Gasteiger partial charge in [-0.1, -0.05) is 24.3 Å². The van der Waals surface area contributed by atoms with Gasteiger partial charge in [-0.3, -0.25) is 4.79 Å². The van der Waals surface area contributed by atoms with Crippen LogP contribution in [-0.4, -0.2) is 12.4 Å². The van der Waals surface area contributed by atoms with Crippen LogP contribution in [0.25, 0.3) is 5.57 Å². The lowest BCUT2D eigenvalue weighted by Crippen LogP contribution is -2.20. The van der Waals surface area contributed by atoms with Gasteiger partial charge >= 0.3 is 0 Å². The monoisotopic (exact) mass is 190 g/mol. The molecule has 1 aromatic carbocycles. The fourth-order valence-corrected chi connectivity index (χ4v) is 1.52. The smallest absolute Gasteiger partial charge is 0.174 e. The molecule has 0 saturated carbocycles. The van der Waals surface area contributed by atoms with E-state index >= 15 is 0 Å². The maximum atomic E-state index is 11.1. The first-order valence-corrected chi connectivity index (χ1v) is 4.60. The van der Waals surface area contributed by atoms with E-state index in [4.69, 9.17) is 4.74 Å². The van der Waals surface area contributed by atoms with Crippen molar-refractivity contribution in [2.75, 3.05) is 6.61 Å². The van der Waals surface area contributed by atoms with Crippen LogP contribution in [0.3, 0.4) is 0 Å². The third-order valence-electron chi connectivity index (χ3n) is 2.34. The first kappa shape index (κ1) is 9.00. The standard InChI is InChI=1S/C12H12O2.H2/c1-8(2)9-3-4-10-5-11(13)7-14-12(10)6-9;/h3-4,6H,1,5,7H2,2H3;1H. The van der Waals surface area contributed by atoms with Gasteiger partial charge in [-0.15, -0.1) is 0 Å². The summed E-state index contributed by atoms with van der Waals surface area (Å²) in [6.45, 7) is 6.02. The summed E-state index contributed by atoms with van der Waals surface area (Å²) in [5.41, 5.74) is 3.05. The number of allylic oxidation sites excluding steroid dienone is 1. The van der Waals surface area contributed by atoms with Crippen molar-refractivity contribution in [3.05, 3.63) is 35.9 Å². The molecule has 0 saturated heterocycles. The van der Waals surface area contributed by atoms with E-state index in [1.165, 1.54) is 0 Å². The van der Waals surface area contributed by atoms with E-state index in [2.05, 4.69) is 6.58 Å². The minimum absolute atomic E-state index is 0. The molecule has 0 atom stereocenters. The topological polar surface area (TPSA) is 26.3 Å². The Bertz CT molecular complexity index is 410. The predicted molar refractivity (Wildman–Crippen MR) is 57.5 cm³/mol. The molecule has 2 nitrogen and oxygen atoms in total. The molecule has 0 aliphatic carbocycles. The van der Waals surface area contributed by atoms with Gasteiger partial charge in [0.05, 0.1) is 0 Å². The average molecular weight is 190 g/mol. The lowest BCUT2D eigenvalue weighted by molar-refractivity contribution is -0.121. The number of carbonyl (C=O) groups is 1. The summed E-state index contributed by atoms with van der Waals surface area (Å²) in [5.74, 6) is 0.964. The first-order chi connectivity index (χ1) is 6.66. The molecule has 0 radical (unpaired) electrons. The second-order valence-electron chi connectivity index (χ2n) is 3.61. The summed E-state index contributed by atoms with van der Waals surface area (Å²) in [7, 11) is 0. The number of carbonyl (C=O) groups excluding carboxylic acids is 1. The number of hydrogen-bond donors (Lipinski definition) is 0. The minimum atomic E-state index is 0. The van der Waals surface area contributed by atoms with Gasteiger partial charge in [0, 0.05) is 13.4 Å². The van der Waals surface area contributed by atoms with Crippen LogP contribution >= 0.6 is 0 Å². The first-order valence-electron chi connectivity index (χ1n) is 4.60. The number of rotatable bonds is 1. The van der Waals surface area contributed by atoms with Crippen molar-refractivity contribution < 1.29 is 11.0 Å². The van der Waals surface area contributed by atoms with Gasteiger partial charge < -0.3 is 4.74 Å². The molecule has 1 aliphatic rings. The zero-order valence-electron chi connectivity index (χ0n) is 8.17. The average Bonchev–Trinajstić information content (AvgIpc) is 2.16. The highest BCUT2D eigenvalue weighted by Gasteiger charge is 2.16. The predicted octanol–water partition coefficient (Wildman–Crippen LogP) is 2.47. The molecule has 2 heteroatoms. The largest absolute Gasteiger partial charge is 0.486 e. The van der Waals surface area contributed by atoms with Crippen LogP contribution in [0.15, 0.2) is 24.8 Å². The van der Waals surface area contributed by atoms with Crippen molar-refractivity contribution >= 4 is 11.4 Å². The molecule has 14 heavy (non-hydrogen) atoms. The second kappa shape index (κ2) is 3.29. The minimum Gasteiger partial charge on any atom is -0.486 e. The van der Waals surface area contributed by atoms with E-state index in [9.17, 15) is 4.79 Å². The number of ether oxygens (including phenoxy) is 1. The highest BCUT2D eigenvalue weighted by atomic mass is 16.5. The van der Waals surface area contributed by atoms with E-state index in [-0.39, 0.29) is 13.8 Å². The highest BCUT2D eigenvalue weighted by Crippen LogP contribution is 2.26. The Morgan fingerprint density at radius 3 is 3.07 bits per heavy atom. The SMILES string of the molecule is C=C(C)c1ccc2c(c1)OCC(=O)C2.[HH]. The molecule has 0 spiro atoms. The van der Waals surface area contributed by atoms with E-state index in [0.717, 1.165) is 22.4 Å². The second-order valence-corrected chi connectivity index (χ2v) is 3.61. The van der Waals surface area contributed by atoms with E-state index in [0.29, 0.717) is 6.42 Å². The Morgan fingerprint density at radius 2 is 2.36 bits per heavy atom. The van der Waals surface area contributed by atoms with Gasteiger partial charge in [0.1, 0.15) is 12.4 Å².